The minimum Gasteiger partial charge on any atom is -0.493 e. The number of hydrogen-bond donors (Lipinski definition) is 1. The summed E-state index contributed by atoms with van der Waals surface area (Å²) in [7, 11) is 0. The molecule has 0 saturated carbocycles. The van der Waals surface area contributed by atoms with Crippen molar-refractivity contribution in [2.75, 3.05) is 11.9 Å². The molecule has 1 aliphatic rings. The fourth-order valence-electron chi connectivity index (χ4n) is 2.36. The molecule has 0 amide bonds. The molecule has 5 heteroatoms. The van der Waals surface area contributed by atoms with Crippen molar-refractivity contribution in [1.82, 2.24) is 4.98 Å². The summed E-state index contributed by atoms with van der Waals surface area (Å²) in [6, 6.07) is 10.1. The van der Waals surface area contributed by atoms with Crippen LogP contribution in [-0.4, -0.2) is 11.6 Å². The molecular weight excluding hydrogens is 340 g/mol. The van der Waals surface area contributed by atoms with Crippen LogP contribution in [0.4, 0.5) is 5.69 Å². The number of fused-ring (bicyclic) bond motifs is 1. The highest BCUT2D eigenvalue weighted by atomic mass is 79.9. The Bertz CT molecular complexity index is 603. The van der Waals surface area contributed by atoms with Gasteiger partial charge < -0.3 is 10.1 Å². The van der Waals surface area contributed by atoms with E-state index in [1.807, 2.05) is 18.2 Å². The number of hydrogen-bond acceptors (Lipinski definition) is 3. The lowest BCUT2D eigenvalue weighted by Gasteiger charge is -2.19. The lowest BCUT2D eigenvalue weighted by atomic mass is 10.0. The maximum Gasteiger partial charge on any atom is 0.129 e. The fraction of sp³-hybridized carbons (Fsp3) is 0.267. The third kappa shape index (κ3) is 3.07. The van der Waals surface area contributed by atoms with E-state index in [4.69, 9.17) is 16.3 Å². The van der Waals surface area contributed by atoms with Crippen LogP contribution < -0.4 is 10.1 Å². The summed E-state index contributed by atoms with van der Waals surface area (Å²) in [6.07, 6.45) is 3.80. The zero-order chi connectivity index (χ0) is 13.9. The number of anilines is 1. The van der Waals surface area contributed by atoms with Gasteiger partial charge in [-0.1, -0.05) is 33.6 Å². The average molecular weight is 354 g/mol. The maximum absolute atomic E-state index is 5.81. The van der Waals surface area contributed by atoms with E-state index in [-0.39, 0.29) is 6.04 Å². The van der Waals surface area contributed by atoms with Gasteiger partial charge in [0.25, 0.3) is 0 Å². The first-order valence-electron chi connectivity index (χ1n) is 6.53. The molecule has 0 radical (unpaired) electrons. The van der Waals surface area contributed by atoms with Crippen molar-refractivity contribution in [3.8, 4) is 5.75 Å². The van der Waals surface area contributed by atoms with Crippen molar-refractivity contribution in [1.29, 1.82) is 0 Å². The molecule has 0 fully saturated rings. The molecule has 0 bridgehead atoms. The largest absolute Gasteiger partial charge is 0.493 e. The maximum atomic E-state index is 5.81. The smallest absolute Gasteiger partial charge is 0.129 e. The van der Waals surface area contributed by atoms with Gasteiger partial charge in [-0.25, -0.2) is 4.98 Å². The van der Waals surface area contributed by atoms with Crippen LogP contribution in [-0.2, 0) is 0 Å². The second-order valence-electron chi connectivity index (χ2n) is 4.74. The molecule has 0 spiro atoms. The van der Waals surface area contributed by atoms with Gasteiger partial charge in [0.05, 0.1) is 24.5 Å². The van der Waals surface area contributed by atoms with Crippen LogP contribution in [0.5, 0.6) is 5.75 Å². The monoisotopic (exact) mass is 352 g/mol. The molecule has 2 heterocycles. The second-order valence-corrected chi connectivity index (χ2v) is 6.04. The van der Waals surface area contributed by atoms with Crippen LogP contribution in [0.25, 0.3) is 0 Å². The highest BCUT2D eigenvalue weighted by Crippen LogP contribution is 2.35. The highest BCUT2D eigenvalue weighted by molar-refractivity contribution is 9.10. The lowest BCUT2D eigenvalue weighted by molar-refractivity contribution is 0.316. The van der Waals surface area contributed by atoms with Crippen LogP contribution in [0.1, 0.15) is 24.4 Å². The Hall–Kier alpha value is -1.26. The summed E-state index contributed by atoms with van der Waals surface area (Å²) in [5, 5.41) is 4.01. The van der Waals surface area contributed by atoms with Gasteiger partial charge in [0.15, 0.2) is 0 Å². The standard InChI is InChI=1S/C15H14BrClN2O/c16-10-3-5-12-13(2-1-7-20-14(12)8-10)19-11-4-6-15(17)18-9-11/h3-6,8-9,13,19H,1-2,7H2. The number of halogens is 2. The SMILES string of the molecule is Clc1ccc(NC2CCCOc3cc(Br)ccc32)cn1. The zero-order valence-corrected chi connectivity index (χ0v) is 13.1. The molecule has 20 heavy (non-hydrogen) atoms. The summed E-state index contributed by atoms with van der Waals surface area (Å²) >= 11 is 9.30. The molecular formula is C15H14BrClN2O. The van der Waals surface area contributed by atoms with Crippen molar-refractivity contribution >= 4 is 33.2 Å². The molecule has 1 aromatic carbocycles. The Balaban J connectivity index is 1.88. The molecule has 1 atom stereocenters. The van der Waals surface area contributed by atoms with Crippen molar-refractivity contribution in [2.45, 2.75) is 18.9 Å². The normalized spacial score (nSPS) is 17.8. The summed E-state index contributed by atoms with van der Waals surface area (Å²) in [5.41, 5.74) is 2.15. The van der Waals surface area contributed by atoms with E-state index in [0.717, 1.165) is 35.4 Å². The Kier molecular flexibility index (Phi) is 4.13. The Morgan fingerprint density at radius 2 is 2.20 bits per heavy atom. The first-order valence-corrected chi connectivity index (χ1v) is 7.70. The molecule has 0 aliphatic carbocycles. The first kappa shape index (κ1) is 13.7. The third-order valence-electron chi connectivity index (χ3n) is 3.31. The minimum absolute atomic E-state index is 0.226. The molecule has 0 saturated heterocycles. The van der Waals surface area contributed by atoms with Crippen molar-refractivity contribution in [3.05, 3.63) is 51.7 Å². The van der Waals surface area contributed by atoms with E-state index < -0.39 is 0 Å². The molecule has 1 N–H and O–H groups in total. The van der Waals surface area contributed by atoms with E-state index >= 15 is 0 Å². The summed E-state index contributed by atoms with van der Waals surface area (Å²) in [6.45, 7) is 0.750. The van der Waals surface area contributed by atoms with Gasteiger partial charge in [0, 0.05) is 10.0 Å². The quantitative estimate of drug-likeness (QED) is 0.786. The van der Waals surface area contributed by atoms with Crippen molar-refractivity contribution in [3.63, 3.8) is 0 Å². The second kappa shape index (κ2) is 6.02. The molecule has 1 aliphatic heterocycles. The summed E-state index contributed by atoms with van der Waals surface area (Å²) in [4.78, 5) is 4.10. The van der Waals surface area contributed by atoms with E-state index in [9.17, 15) is 0 Å². The molecule has 3 rings (SSSR count). The predicted molar refractivity (Wildman–Crippen MR) is 84.5 cm³/mol. The number of ether oxygens (including phenoxy) is 1. The topological polar surface area (TPSA) is 34.1 Å². The van der Waals surface area contributed by atoms with Crippen LogP contribution >= 0.6 is 27.5 Å². The first-order chi connectivity index (χ1) is 9.72. The number of nitrogens with zero attached hydrogens (tertiary/aromatic N) is 1. The van der Waals surface area contributed by atoms with E-state index in [0.29, 0.717) is 5.15 Å². The predicted octanol–water partition coefficient (Wildman–Crippen LogP) is 4.82. The number of pyridine rings is 1. The molecule has 2 aromatic rings. The van der Waals surface area contributed by atoms with E-state index in [2.05, 4.69) is 32.3 Å². The van der Waals surface area contributed by atoms with Gasteiger partial charge >= 0.3 is 0 Å². The highest BCUT2D eigenvalue weighted by Gasteiger charge is 2.19. The lowest BCUT2D eigenvalue weighted by Crippen LogP contribution is -2.10. The van der Waals surface area contributed by atoms with Gasteiger partial charge in [-0.2, -0.15) is 0 Å². The van der Waals surface area contributed by atoms with Crippen LogP contribution in [0.3, 0.4) is 0 Å². The van der Waals surface area contributed by atoms with Gasteiger partial charge in [-0.15, -0.1) is 0 Å². The van der Waals surface area contributed by atoms with Gasteiger partial charge in [-0.05, 0) is 37.1 Å². The van der Waals surface area contributed by atoms with Crippen LogP contribution in [0, 0.1) is 0 Å². The number of benzene rings is 1. The molecule has 3 nitrogen and oxygen atoms in total. The number of aromatic nitrogens is 1. The summed E-state index contributed by atoms with van der Waals surface area (Å²) in [5.74, 6) is 0.941. The molecule has 1 unspecified atom stereocenters. The van der Waals surface area contributed by atoms with Gasteiger partial charge in [-0.3, -0.25) is 0 Å². The third-order valence-corrected chi connectivity index (χ3v) is 4.03. The van der Waals surface area contributed by atoms with E-state index in [1.54, 1.807) is 12.3 Å². The van der Waals surface area contributed by atoms with Gasteiger partial charge in [0.2, 0.25) is 0 Å². The minimum atomic E-state index is 0.226. The molecule has 1 aromatic heterocycles. The van der Waals surface area contributed by atoms with Crippen LogP contribution in [0.2, 0.25) is 5.15 Å². The van der Waals surface area contributed by atoms with Crippen molar-refractivity contribution in [2.24, 2.45) is 0 Å². The fourth-order valence-corrected chi connectivity index (χ4v) is 2.81. The van der Waals surface area contributed by atoms with E-state index in [1.165, 1.54) is 5.56 Å². The van der Waals surface area contributed by atoms with Gasteiger partial charge in [0.1, 0.15) is 10.9 Å². The number of nitrogens with one attached hydrogen (secondary N) is 1. The average Bonchev–Trinajstić information content (AvgIpc) is 2.63. The van der Waals surface area contributed by atoms with Crippen molar-refractivity contribution < 1.29 is 4.74 Å². The summed E-state index contributed by atoms with van der Waals surface area (Å²) < 4.78 is 6.84. The Morgan fingerprint density at radius 1 is 1.30 bits per heavy atom. The van der Waals surface area contributed by atoms with Crippen LogP contribution in [0.15, 0.2) is 41.0 Å². The zero-order valence-electron chi connectivity index (χ0n) is 10.8. The number of rotatable bonds is 2. The molecule has 104 valence electrons. The Morgan fingerprint density at radius 3 is 3.00 bits per heavy atom. The Labute approximate surface area is 131 Å².